The van der Waals surface area contributed by atoms with Crippen LogP contribution in [0.1, 0.15) is 58.2 Å². The summed E-state index contributed by atoms with van der Waals surface area (Å²) in [6.45, 7) is 8.86. The van der Waals surface area contributed by atoms with Crippen molar-refractivity contribution in [2.45, 2.75) is 83.2 Å². The zero-order valence-corrected chi connectivity index (χ0v) is 20.5. The van der Waals surface area contributed by atoms with E-state index < -0.39 is 11.7 Å². The third-order valence-corrected chi connectivity index (χ3v) is 6.53. The predicted octanol–water partition coefficient (Wildman–Crippen LogP) is 1.76. The summed E-state index contributed by atoms with van der Waals surface area (Å²) in [4.78, 5) is 40.8. The van der Waals surface area contributed by atoms with E-state index >= 15 is 0 Å². The molecule has 2 atom stereocenters. The number of ether oxygens (including phenoxy) is 1. The fourth-order valence-corrected chi connectivity index (χ4v) is 4.26. The monoisotopic (exact) mass is 485 g/mol. The Kier molecular flexibility index (Phi) is 8.98. The van der Waals surface area contributed by atoms with E-state index in [1.165, 1.54) is 4.57 Å². The summed E-state index contributed by atoms with van der Waals surface area (Å²) in [6, 6.07) is -0.834. The van der Waals surface area contributed by atoms with E-state index in [0.717, 1.165) is 0 Å². The maximum Gasteiger partial charge on any atom is 0.343 e. The van der Waals surface area contributed by atoms with Gasteiger partial charge in [-0.15, -0.1) is 18.9 Å². The van der Waals surface area contributed by atoms with Gasteiger partial charge in [-0.05, 0) is 25.7 Å². The normalized spacial score (nSPS) is 17.6. The molecule has 190 valence electrons. The van der Waals surface area contributed by atoms with Gasteiger partial charge in [-0.3, -0.25) is 14.2 Å². The molecule has 3 heterocycles. The highest BCUT2D eigenvalue weighted by Gasteiger charge is 2.42. The van der Waals surface area contributed by atoms with E-state index in [1.807, 2.05) is 13.8 Å². The number of hydrogen-bond acceptors (Lipinski definition) is 7. The number of aromatic amines is 1. The summed E-state index contributed by atoms with van der Waals surface area (Å²) in [6.07, 6.45) is 10.2. The molecule has 1 aromatic rings. The fraction of sp³-hybridized carbons (Fsp3) is 0.667. The minimum absolute atomic E-state index is 0.0226. The van der Waals surface area contributed by atoms with Crippen molar-refractivity contribution >= 4 is 11.8 Å². The summed E-state index contributed by atoms with van der Waals surface area (Å²) in [5, 5.41) is 17.8. The van der Waals surface area contributed by atoms with Crippen molar-refractivity contribution in [3.8, 4) is 12.3 Å². The Morgan fingerprint density at radius 2 is 2.17 bits per heavy atom. The molecular formula is C24H35N7O4. The van der Waals surface area contributed by atoms with Gasteiger partial charge in [0.2, 0.25) is 11.8 Å². The summed E-state index contributed by atoms with van der Waals surface area (Å²) >= 11 is 0. The van der Waals surface area contributed by atoms with Gasteiger partial charge in [-0.2, -0.15) is 15.3 Å². The molecule has 11 heteroatoms. The zero-order valence-electron chi connectivity index (χ0n) is 20.5. The molecule has 2 aliphatic heterocycles. The number of terminal acetylenes is 1. The second-order valence-electron chi connectivity index (χ2n) is 9.13. The first kappa shape index (κ1) is 26.3. The van der Waals surface area contributed by atoms with Crippen molar-refractivity contribution in [1.29, 1.82) is 0 Å². The molecule has 0 bridgehead atoms. The number of amides is 2. The quantitative estimate of drug-likeness (QED) is 0.288. The number of rotatable bonds is 15. The molecule has 3 rings (SSSR count). The number of aromatic nitrogens is 3. The number of allylic oxidation sites excluding steroid dienone is 1. The van der Waals surface area contributed by atoms with E-state index in [4.69, 9.17) is 11.2 Å². The van der Waals surface area contributed by atoms with Crippen LogP contribution >= 0.6 is 0 Å². The van der Waals surface area contributed by atoms with Crippen LogP contribution in [0.15, 0.2) is 27.7 Å². The highest BCUT2D eigenvalue weighted by atomic mass is 16.5. The smallest absolute Gasteiger partial charge is 0.343 e. The largest absolute Gasteiger partial charge is 0.377 e. The number of hydrogen-bond donors (Lipinski definition) is 2. The summed E-state index contributed by atoms with van der Waals surface area (Å²) in [7, 11) is 0. The Hall–Kier alpha value is -3.26. The van der Waals surface area contributed by atoms with Crippen LogP contribution in [0, 0.1) is 18.3 Å². The van der Waals surface area contributed by atoms with Crippen LogP contribution in [0.25, 0.3) is 0 Å². The number of nitrogens with zero attached hydrogens (tertiary/aromatic N) is 5. The fourth-order valence-electron chi connectivity index (χ4n) is 4.26. The summed E-state index contributed by atoms with van der Waals surface area (Å²) < 4.78 is 6.66. The number of carbonyl (C=O) groups excluding carboxylic acids is 2. The SMILES string of the molecule is C#CCCC1(CCC(=O)N(Cc2n[nH]c(=O)n2CC)C(C(=O)NC2COC2)C(C)CCC=C)N=N1. The van der Waals surface area contributed by atoms with Crippen LogP contribution in [-0.2, 0) is 27.4 Å². The second-order valence-corrected chi connectivity index (χ2v) is 9.13. The van der Waals surface area contributed by atoms with Gasteiger partial charge in [0.05, 0.1) is 25.8 Å². The lowest BCUT2D eigenvalue weighted by atomic mass is 9.93. The van der Waals surface area contributed by atoms with Crippen molar-refractivity contribution in [2.75, 3.05) is 13.2 Å². The van der Waals surface area contributed by atoms with Gasteiger partial charge in [0, 0.05) is 32.2 Å². The van der Waals surface area contributed by atoms with Crippen LogP contribution in [0.2, 0.25) is 0 Å². The van der Waals surface area contributed by atoms with Gasteiger partial charge < -0.3 is 15.0 Å². The lowest BCUT2D eigenvalue weighted by molar-refractivity contribution is -0.145. The maximum atomic E-state index is 13.6. The van der Waals surface area contributed by atoms with Gasteiger partial charge in [0.25, 0.3) is 0 Å². The zero-order chi connectivity index (χ0) is 25.4. The molecule has 1 fully saturated rings. The molecule has 0 spiro atoms. The number of carbonyl (C=O) groups is 2. The van der Waals surface area contributed by atoms with E-state index in [9.17, 15) is 14.4 Å². The molecule has 0 saturated carbocycles. The Morgan fingerprint density at radius 3 is 2.74 bits per heavy atom. The Balaban J connectivity index is 1.86. The van der Waals surface area contributed by atoms with Crippen LogP contribution in [-0.4, -0.2) is 62.4 Å². The minimum Gasteiger partial charge on any atom is -0.377 e. The topological polar surface area (TPSA) is 134 Å². The minimum atomic E-state index is -0.755. The highest BCUT2D eigenvalue weighted by Crippen LogP contribution is 2.38. The average Bonchev–Trinajstić information content (AvgIpc) is 3.51. The lowest BCUT2D eigenvalue weighted by Gasteiger charge is -2.37. The first-order chi connectivity index (χ1) is 16.8. The van der Waals surface area contributed by atoms with Crippen LogP contribution in [0.4, 0.5) is 0 Å². The second kappa shape index (κ2) is 11.9. The van der Waals surface area contributed by atoms with E-state index in [1.54, 1.807) is 11.0 Å². The van der Waals surface area contributed by atoms with Crippen molar-refractivity contribution < 1.29 is 14.3 Å². The Bertz CT molecular complexity index is 1030. The molecule has 0 radical (unpaired) electrons. The first-order valence-corrected chi connectivity index (χ1v) is 12.1. The maximum absolute atomic E-state index is 13.6. The van der Waals surface area contributed by atoms with E-state index in [-0.39, 0.29) is 42.4 Å². The van der Waals surface area contributed by atoms with Crippen LogP contribution in [0.5, 0.6) is 0 Å². The highest BCUT2D eigenvalue weighted by molar-refractivity contribution is 5.88. The summed E-state index contributed by atoms with van der Waals surface area (Å²) in [5.41, 5.74) is -0.966. The number of H-pyrrole nitrogens is 1. The average molecular weight is 486 g/mol. The first-order valence-electron chi connectivity index (χ1n) is 12.1. The van der Waals surface area contributed by atoms with Crippen molar-refractivity contribution in [3.05, 3.63) is 29.0 Å². The number of nitrogens with one attached hydrogen (secondary N) is 2. The van der Waals surface area contributed by atoms with Gasteiger partial charge in [0.1, 0.15) is 6.04 Å². The molecule has 1 saturated heterocycles. The van der Waals surface area contributed by atoms with Crippen molar-refractivity contribution in [1.82, 2.24) is 25.0 Å². The van der Waals surface area contributed by atoms with E-state index in [0.29, 0.717) is 57.7 Å². The third-order valence-electron chi connectivity index (χ3n) is 6.53. The molecule has 2 amide bonds. The molecule has 0 aromatic carbocycles. The summed E-state index contributed by atoms with van der Waals surface area (Å²) in [5.74, 6) is 2.35. The Morgan fingerprint density at radius 1 is 1.43 bits per heavy atom. The molecule has 11 nitrogen and oxygen atoms in total. The van der Waals surface area contributed by atoms with Gasteiger partial charge in [-0.25, -0.2) is 9.89 Å². The third kappa shape index (κ3) is 6.66. The Labute approximate surface area is 205 Å². The lowest BCUT2D eigenvalue weighted by Crippen LogP contribution is -2.58. The molecular weight excluding hydrogens is 450 g/mol. The van der Waals surface area contributed by atoms with Gasteiger partial charge in [0.15, 0.2) is 11.5 Å². The van der Waals surface area contributed by atoms with Crippen LogP contribution < -0.4 is 11.0 Å². The van der Waals surface area contributed by atoms with Gasteiger partial charge >= 0.3 is 5.69 Å². The van der Waals surface area contributed by atoms with Crippen molar-refractivity contribution in [3.63, 3.8) is 0 Å². The predicted molar refractivity (Wildman–Crippen MR) is 129 cm³/mol. The standard InChI is InChI=1S/C24H35N7O4/c1-5-8-10-17(4)21(22(33)25-18-15-35-16-18)31(14-19-26-27-23(34)30(19)7-3)20(32)11-13-24(28-29-24)12-9-6-2/h2,5,17-18,21H,1,7-16H2,3-4H3,(H,25,33)(H,27,34). The molecule has 2 N–H and O–H groups in total. The molecule has 2 aliphatic rings. The molecule has 1 aromatic heterocycles. The van der Waals surface area contributed by atoms with Crippen LogP contribution in [0.3, 0.4) is 0 Å². The molecule has 35 heavy (non-hydrogen) atoms. The van der Waals surface area contributed by atoms with Crippen molar-refractivity contribution in [2.24, 2.45) is 16.1 Å². The van der Waals surface area contributed by atoms with Gasteiger partial charge in [-0.1, -0.05) is 13.0 Å². The molecule has 2 unspecified atom stereocenters. The van der Waals surface area contributed by atoms with E-state index in [2.05, 4.69) is 38.2 Å². The molecule has 0 aliphatic carbocycles.